The predicted octanol–water partition coefficient (Wildman–Crippen LogP) is 2.91. The molecule has 1 aromatic rings. The number of ether oxygens (including phenoxy) is 2. The predicted molar refractivity (Wildman–Crippen MR) is 82.4 cm³/mol. The maximum atomic E-state index is 5.96. The third-order valence-corrected chi connectivity index (χ3v) is 4.51. The fourth-order valence-corrected chi connectivity index (χ4v) is 2.99. The number of hydrogen-bond acceptors (Lipinski definition) is 3. The Morgan fingerprint density at radius 2 is 2.15 bits per heavy atom. The fourth-order valence-electron chi connectivity index (χ4n) is 2.87. The molecule has 2 unspecified atom stereocenters. The fraction of sp³-hybridized carbons (Fsp3) is 0.625. The summed E-state index contributed by atoms with van der Waals surface area (Å²) >= 11 is 5.96. The Morgan fingerprint density at radius 1 is 1.40 bits per heavy atom. The van der Waals surface area contributed by atoms with Crippen LogP contribution in [-0.2, 0) is 15.9 Å². The van der Waals surface area contributed by atoms with Crippen LogP contribution < -0.4 is 5.32 Å². The molecule has 1 N–H and O–H groups in total. The number of benzene rings is 1. The van der Waals surface area contributed by atoms with Crippen molar-refractivity contribution in [1.82, 2.24) is 5.32 Å². The van der Waals surface area contributed by atoms with Gasteiger partial charge in [-0.25, -0.2) is 0 Å². The molecule has 0 amide bonds. The molecule has 3 nitrogen and oxygen atoms in total. The van der Waals surface area contributed by atoms with Crippen molar-refractivity contribution in [3.05, 3.63) is 34.9 Å². The molecular formula is C16H24ClNO2. The quantitative estimate of drug-likeness (QED) is 0.785. The summed E-state index contributed by atoms with van der Waals surface area (Å²) in [5.41, 5.74) is 1.49. The molecule has 0 aromatic heterocycles. The van der Waals surface area contributed by atoms with E-state index < -0.39 is 0 Å². The third-order valence-electron chi connectivity index (χ3n) is 4.26. The Balaban J connectivity index is 2.01. The van der Waals surface area contributed by atoms with Crippen molar-refractivity contribution >= 4 is 11.6 Å². The highest BCUT2D eigenvalue weighted by molar-refractivity contribution is 6.30. The molecule has 2 atom stereocenters. The summed E-state index contributed by atoms with van der Waals surface area (Å²) in [4.78, 5) is 0. The molecule has 1 aromatic carbocycles. The molecule has 2 rings (SSSR count). The summed E-state index contributed by atoms with van der Waals surface area (Å²) in [7, 11) is 1.73. The zero-order chi connectivity index (χ0) is 14.4. The summed E-state index contributed by atoms with van der Waals surface area (Å²) in [6, 6.07) is 8.15. The van der Waals surface area contributed by atoms with Crippen LogP contribution >= 0.6 is 11.6 Å². The summed E-state index contributed by atoms with van der Waals surface area (Å²) in [6.45, 7) is 5.61. The van der Waals surface area contributed by atoms with Crippen LogP contribution in [0.15, 0.2) is 24.3 Å². The van der Waals surface area contributed by atoms with Gasteiger partial charge in [0, 0.05) is 37.2 Å². The minimum Gasteiger partial charge on any atom is -0.383 e. The third kappa shape index (κ3) is 3.95. The Labute approximate surface area is 126 Å². The van der Waals surface area contributed by atoms with E-state index in [1.165, 1.54) is 5.56 Å². The first-order valence-corrected chi connectivity index (χ1v) is 7.60. The standard InChI is InChI=1S/C16H24ClNO2/c1-13-16(7-9-20-13,12-18-8-10-19-2)11-14-3-5-15(17)6-4-14/h3-6,13,18H,7-12H2,1-2H3. The van der Waals surface area contributed by atoms with Gasteiger partial charge < -0.3 is 14.8 Å². The zero-order valence-electron chi connectivity index (χ0n) is 12.3. The smallest absolute Gasteiger partial charge is 0.0619 e. The van der Waals surface area contributed by atoms with Crippen LogP contribution in [0.1, 0.15) is 18.9 Å². The van der Waals surface area contributed by atoms with E-state index in [0.717, 1.165) is 44.2 Å². The highest BCUT2D eigenvalue weighted by atomic mass is 35.5. The van der Waals surface area contributed by atoms with Crippen molar-refractivity contribution in [1.29, 1.82) is 0 Å². The zero-order valence-corrected chi connectivity index (χ0v) is 13.1. The number of methoxy groups -OCH3 is 1. The molecule has 0 saturated carbocycles. The maximum absolute atomic E-state index is 5.96. The van der Waals surface area contributed by atoms with Crippen molar-refractivity contribution in [2.75, 3.05) is 33.4 Å². The Morgan fingerprint density at radius 3 is 2.75 bits per heavy atom. The lowest BCUT2D eigenvalue weighted by molar-refractivity contribution is 0.0619. The lowest BCUT2D eigenvalue weighted by atomic mass is 9.76. The first kappa shape index (κ1) is 15.8. The van der Waals surface area contributed by atoms with Crippen LogP contribution in [0.5, 0.6) is 0 Å². The SMILES string of the molecule is COCCNCC1(Cc2ccc(Cl)cc2)CCOC1C. The van der Waals surface area contributed by atoms with Crippen molar-refractivity contribution < 1.29 is 9.47 Å². The minimum atomic E-state index is 0.168. The second-order valence-electron chi connectivity index (χ2n) is 5.60. The van der Waals surface area contributed by atoms with Gasteiger partial charge in [-0.3, -0.25) is 0 Å². The molecule has 4 heteroatoms. The molecule has 112 valence electrons. The normalized spacial score (nSPS) is 26.1. The van der Waals surface area contributed by atoms with E-state index >= 15 is 0 Å². The van der Waals surface area contributed by atoms with Gasteiger partial charge in [0.05, 0.1) is 12.7 Å². The van der Waals surface area contributed by atoms with E-state index in [1.807, 2.05) is 12.1 Å². The van der Waals surface area contributed by atoms with Gasteiger partial charge in [0.1, 0.15) is 0 Å². The summed E-state index contributed by atoms with van der Waals surface area (Å²) in [5.74, 6) is 0. The highest BCUT2D eigenvalue weighted by Gasteiger charge is 2.41. The maximum Gasteiger partial charge on any atom is 0.0619 e. The Hall–Kier alpha value is -0.610. The summed E-state index contributed by atoms with van der Waals surface area (Å²) in [6.07, 6.45) is 2.38. The second kappa shape index (κ2) is 7.41. The van der Waals surface area contributed by atoms with Crippen molar-refractivity contribution in [3.63, 3.8) is 0 Å². The number of nitrogens with one attached hydrogen (secondary N) is 1. The summed E-state index contributed by atoms with van der Waals surface area (Å²) < 4.78 is 10.9. The Kier molecular flexibility index (Phi) is 5.85. The molecule has 20 heavy (non-hydrogen) atoms. The molecule has 1 heterocycles. The average molecular weight is 298 g/mol. The van der Waals surface area contributed by atoms with Gasteiger partial charge in [0.2, 0.25) is 0 Å². The van der Waals surface area contributed by atoms with Gasteiger partial charge in [0.25, 0.3) is 0 Å². The van der Waals surface area contributed by atoms with E-state index in [4.69, 9.17) is 21.1 Å². The number of hydrogen-bond donors (Lipinski definition) is 1. The van der Waals surface area contributed by atoms with Gasteiger partial charge in [-0.2, -0.15) is 0 Å². The van der Waals surface area contributed by atoms with Crippen LogP contribution in [0.3, 0.4) is 0 Å². The lowest BCUT2D eigenvalue weighted by Gasteiger charge is -2.33. The first-order chi connectivity index (χ1) is 9.66. The molecule has 1 aliphatic rings. The highest BCUT2D eigenvalue weighted by Crippen LogP contribution is 2.37. The van der Waals surface area contributed by atoms with Crippen LogP contribution in [-0.4, -0.2) is 39.5 Å². The van der Waals surface area contributed by atoms with E-state index in [9.17, 15) is 0 Å². The number of rotatable bonds is 7. The van der Waals surface area contributed by atoms with Gasteiger partial charge in [-0.1, -0.05) is 23.7 Å². The molecular weight excluding hydrogens is 274 g/mol. The van der Waals surface area contributed by atoms with Crippen molar-refractivity contribution in [2.24, 2.45) is 5.41 Å². The van der Waals surface area contributed by atoms with E-state index in [-0.39, 0.29) is 11.5 Å². The van der Waals surface area contributed by atoms with E-state index in [2.05, 4.69) is 24.4 Å². The monoisotopic (exact) mass is 297 g/mol. The van der Waals surface area contributed by atoms with Crippen LogP contribution in [0.25, 0.3) is 0 Å². The van der Waals surface area contributed by atoms with E-state index in [1.54, 1.807) is 7.11 Å². The largest absolute Gasteiger partial charge is 0.383 e. The lowest BCUT2D eigenvalue weighted by Crippen LogP contribution is -2.42. The molecule has 1 fully saturated rings. The molecule has 0 bridgehead atoms. The Bertz CT molecular complexity index is 409. The van der Waals surface area contributed by atoms with Crippen LogP contribution in [0.4, 0.5) is 0 Å². The minimum absolute atomic E-state index is 0.168. The van der Waals surface area contributed by atoms with Crippen molar-refractivity contribution in [3.8, 4) is 0 Å². The van der Waals surface area contributed by atoms with E-state index in [0.29, 0.717) is 0 Å². The van der Waals surface area contributed by atoms with Crippen molar-refractivity contribution in [2.45, 2.75) is 25.9 Å². The van der Waals surface area contributed by atoms with Gasteiger partial charge in [-0.05, 0) is 37.5 Å². The first-order valence-electron chi connectivity index (χ1n) is 7.22. The second-order valence-corrected chi connectivity index (χ2v) is 6.03. The molecule has 1 aliphatic heterocycles. The van der Waals surface area contributed by atoms with Crippen LogP contribution in [0.2, 0.25) is 5.02 Å². The van der Waals surface area contributed by atoms with Gasteiger partial charge >= 0.3 is 0 Å². The average Bonchev–Trinajstić information content (AvgIpc) is 2.79. The molecule has 0 spiro atoms. The summed E-state index contributed by atoms with van der Waals surface area (Å²) in [5, 5.41) is 4.29. The molecule has 1 saturated heterocycles. The van der Waals surface area contributed by atoms with Crippen LogP contribution in [0, 0.1) is 5.41 Å². The van der Waals surface area contributed by atoms with Gasteiger partial charge in [-0.15, -0.1) is 0 Å². The molecule has 0 radical (unpaired) electrons. The number of halogens is 1. The topological polar surface area (TPSA) is 30.5 Å². The molecule has 0 aliphatic carbocycles. The van der Waals surface area contributed by atoms with Gasteiger partial charge in [0.15, 0.2) is 0 Å².